The van der Waals surface area contributed by atoms with Gasteiger partial charge in [-0.15, -0.1) is 0 Å². The normalized spacial score (nSPS) is 12.3. The van der Waals surface area contributed by atoms with E-state index in [0.717, 1.165) is 5.56 Å². The van der Waals surface area contributed by atoms with E-state index in [0.29, 0.717) is 36.6 Å². The summed E-state index contributed by atoms with van der Waals surface area (Å²) in [5.41, 5.74) is 10.9. The minimum atomic E-state index is -0.180. The fourth-order valence-corrected chi connectivity index (χ4v) is 3.37. The number of amides is 3. The zero-order chi connectivity index (χ0) is 20.2. The zero-order valence-electron chi connectivity index (χ0n) is 15.9. The molecule has 3 aromatic carbocycles. The van der Waals surface area contributed by atoms with E-state index in [1.54, 1.807) is 35.2 Å². The minimum Gasteiger partial charge on any atom is -0.399 e. The molecule has 0 spiro atoms. The second kappa shape index (κ2) is 8.06. The molecule has 0 atom stereocenters. The first-order valence-electron chi connectivity index (χ1n) is 9.44. The Hall–Kier alpha value is -3.80. The van der Waals surface area contributed by atoms with E-state index in [-0.39, 0.29) is 11.9 Å². The molecule has 0 saturated carbocycles. The number of hydrogen-bond acceptors (Lipinski definition) is 3. The van der Waals surface area contributed by atoms with Crippen LogP contribution in [0.5, 0.6) is 0 Å². The van der Waals surface area contributed by atoms with E-state index in [2.05, 4.69) is 10.6 Å². The van der Waals surface area contributed by atoms with E-state index in [1.165, 1.54) is 11.1 Å². The molecule has 0 aliphatic carbocycles. The van der Waals surface area contributed by atoms with Gasteiger partial charge in [0, 0.05) is 36.6 Å². The van der Waals surface area contributed by atoms with Crippen LogP contribution < -0.4 is 16.4 Å². The summed E-state index contributed by atoms with van der Waals surface area (Å²) in [7, 11) is 0. The van der Waals surface area contributed by atoms with Crippen molar-refractivity contribution < 1.29 is 9.59 Å². The van der Waals surface area contributed by atoms with Gasteiger partial charge in [-0.2, -0.15) is 0 Å². The van der Waals surface area contributed by atoms with Crippen LogP contribution in [0.4, 0.5) is 16.2 Å². The van der Waals surface area contributed by atoms with E-state index >= 15 is 0 Å². The molecule has 6 nitrogen and oxygen atoms in total. The lowest BCUT2D eigenvalue weighted by Crippen LogP contribution is -2.30. The summed E-state index contributed by atoms with van der Waals surface area (Å²) in [6.45, 7) is 1.61. The van der Waals surface area contributed by atoms with E-state index in [9.17, 15) is 9.59 Å². The average molecular weight is 386 g/mol. The Morgan fingerprint density at radius 3 is 2.24 bits per heavy atom. The fraction of sp³-hybridized carbons (Fsp3) is 0.130. The molecule has 0 fully saturated rings. The molecule has 3 amide bonds. The van der Waals surface area contributed by atoms with Gasteiger partial charge in [-0.1, -0.05) is 36.4 Å². The number of urea groups is 1. The predicted molar refractivity (Wildman–Crippen MR) is 113 cm³/mol. The van der Waals surface area contributed by atoms with Crippen molar-refractivity contribution in [1.82, 2.24) is 10.2 Å². The Labute approximate surface area is 169 Å². The minimum absolute atomic E-state index is 0.153. The van der Waals surface area contributed by atoms with Gasteiger partial charge < -0.3 is 21.3 Å². The van der Waals surface area contributed by atoms with Gasteiger partial charge in [0.2, 0.25) is 0 Å². The smallest absolute Gasteiger partial charge is 0.322 e. The van der Waals surface area contributed by atoms with Crippen molar-refractivity contribution in [2.24, 2.45) is 0 Å². The monoisotopic (exact) mass is 386 g/mol. The number of nitrogens with two attached hydrogens (primary N) is 1. The first kappa shape index (κ1) is 18.6. The summed E-state index contributed by atoms with van der Waals surface area (Å²) in [5.74, 6) is -0.180. The van der Waals surface area contributed by atoms with Crippen LogP contribution in [0, 0.1) is 0 Å². The molecule has 4 rings (SSSR count). The van der Waals surface area contributed by atoms with Crippen molar-refractivity contribution in [3.63, 3.8) is 0 Å². The molecule has 0 unspecified atom stereocenters. The quantitative estimate of drug-likeness (QED) is 0.597. The third-order valence-corrected chi connectivity index (χ3v) is 4.93. The third kappa shape index (κ3) is 4.38. The van der Waals surface area contributed by atoms with Gasteiger partial charge in [0.05, 0.1) is 0 Å². The van der Waals surface area contributed by atoms with Crippen molar-refractivity contribution in [3.8, 4) is 0 Å². The summed E-state index contributed by atoms with van der Waals surface area (Å²) in [6.07, 6.45) is 0. The highest BCUT2D eigenvalue weighted by Crippen LogP contribution is 2.23. The molecular formula is C23H22N4O2. The number of carbonyl (C=O) groups is 2. The summed E-state index contributed by atoms with van der Waals surface area (Å²) in [5, 5.41) is 5.76. The molecule has 1 heterocycles. The molecule has 0 saturated heterocycles. The summed E-state index contributed by atoms with van der Waals surface area (Å²) < 4.78 is 0. The topological polar surface area (TPSA) is 87.5 Å². The standard InChI is InChI=1S/C23H22N4O2/c24-20-7-3-4-16(12-20)13-25-22(28)17-8-10-21(11-9-17)26-23(29)27-14-18-5-1-2-6-19(18)15-27/h1-12H,13-15,24H2,(H,25,28)(H,26,29). The molecule has 0 bridgehead atoms. The van der Waals surface area contributed by atoms with Crippen molar-refractivity contribution in [3.05, 3.63) is 95.1 Å². The lowest BCUT2D eigenvalue weighted by atomic mass is 10.1. The van der Waals surface area contributed by atoms with Gasteiger partial charge in [-0.25, -0.2) is 4.79 Å². The molecule has 3 aromatic rings. The van der Waals surface area contributed by atoms with Gasteiger partial charge in [-0.3, -0.25) is 4.79 Å². The molecule has 29 heavy (non-hydrogen) atoms. The second-order valence-electron chi connectivity index (χ2n) is 7.06. The predicted octanol–water partition coefficient (Wildman–Crippen LogP) is 3.75. The van der Waals surface area contributed by atoms with E-state index < -0.39 is 0 Å². The van der Waals surface area contributed by atoms with Gasteiger partial charge in [-0.05, 0) is 53.1 Å². The van der Waals surface area contributed by atoms with Gasteiger partial charge in [0.15, 0.2) is 0 Å². The highest BCUT2D eigenvalue weighted by molar-refractivity contribution is 5.95. The average Bonchev–Trinajstić information content (AvgIpc) is 3.17. The van der Waals surface area contributed by atoms with Crippen molar-refractivity contribution in [2.75, 3.05) is 11.1 Å². The Bertz CT molecular complexity index is 1020. The van der Waals surface area contributed by atoms with Gasteiger partial charge in [0.25, 0.3) is 5.91 Å². The number of carbonyl (C=O) groups excluding carboxylic acids is 2. The maximum atomic E-state index is 12.5. The molecule has 1 aliphatic heterocycles. The lowest BCUT2D eigenvalue weighted by Gasteiger charge is -2.16. The lowest BCUT2D eigenvalue weighted by molar-refractivity contribution is 0.0951. The summed E-state index contributed by atoms with van der Waals surface area (Å²) in [4.78, 5) is 26.6. The Morgan fingerprint density at radius 1 is 0.897 bits per heavy atom. The van der Waals surface area contributed by atoms with E-state index in [4.69, 9.17) is 5.73 Å². The number of benzene rings is 3. The molecule has 0 aromatic heterocycles. The Morgan fingerprint density at radius 2 is 1.59 bits per heavy atom. The van der Waals surface area contributed by atoms with Crippen LogP contribution in [0.25, 0.3) is 0 Å². The van der Waals surface area contributed by atoms with Crippen LogP contribution >= 0.6 is 0 Å². The fourth-order valence-electron chi connectivity index (χ4n) is 3.37. The maximum Gasteiger partial charge on any atom is 0.322 e. The summed E-state index contributed by atoms with van der Waals surface area (Å²) in [6, 6.07) is 22.2. The highest BCUT2D eigenvalue weighted by atomic mass is 16.2. The van der Waals surface area contributed by atoms with Crippen molar-refractivity contribution in [2.45, 2.75) is 19.6 Å². The van der Waals surface area contributed by atoms with Crippen LogP contribution in [-0.4, -0.2) is 16.8 Å². The Balaban J connectivity index is 1.32. The highest BCUT2D eigenvalue weighted by Gasteiger charge is 2.22. The maximum absolute atomic E-state index is 12.5. The molecule has 146 valence electrons. The number of nitrogen functional groups attached to an aromatic ring is 1. The number of rotatable bonds is 4. The first-order valence-corrected chi connectivity index (χ1v) is 9.44. The number of fused-ring (bicyclic) bond motifs is 1. The van der Waals surface area contributed by atoms with Crippen LogP contribution in [0.3, 0.4) is 0 Å². The molecular weight excluding hydrogens is 364 g/mol. The van der Waals surface area contributed by atoms with E-state index in [1.807, 2.05) is 42.5 Å². The van der Waals surface area contributed by atoms with Gasteiger partial charge in [0.1, 0.15) is 0 Å². The summed E-state index contributed by atoms with van der Waals surface area (Å²) >= 11 is 0. The van der Waals surface area contributed by atoms with Gasteiger partial charge >= 0.3 is 6.03 Å². The van der Waals surface area contributed by atoms with Crippen LogP contribution in [0.2, 0.25) is 0 Å². The zero-order valence-corrected chi connectivity index (χ0v) is 15.9. The first-order chi connectivity index (χ1) is 14.1. The number of nitrogens with one attached hydrogen (secondary N) is 2. The molecule has 0 radical (unpaired) electrons. The third-order valence-electron chi connectivity index (χ3n) is 4.93. The molecule has 1 aliphatic rings. The molecule has 6 heteroatoms. The Kier molecular flexibility index (Phi) is 5.16. The van der Waals surface area contributed by atoms with Crippen LogP contribution in [-0.2, 0) is 19.6 Å². The number of nitrogens with zero attached hydrogens (tertiary/aromatic N) is 1. The van der Waals surface area contributed by atoms with Crippen LogP contribution in [0.1, 0.15) is 27.0 Å². The van der Waals surface area contributed by atoms with Crippen molar-refractivity contribution in [1.29, 1.82) is 0 Å². The largest absolute Gasteiger partial charge is 0.399 e. The second-order valence-corrected chi connectivity index (χ2v) is 7.06. The number of hydrogen-bond donors (Lipinski definition) is 3. The number of anilines is 2. The molecule has 4 N–H and O–H groups in total. The SMILES string of the molecule is Nc1cccc(CNC(=O)c2ccc(NC(=O)N3Cc4ccccc4C3)cc2)c1. The van der Waals surface area contributed by atoms with Crippen LogP contribution in [0.15, 0.2) is 72.8 Å². The van der Waals surface area contributed by atoms with Crippen molar-refractivity contribution >= 4 is 23.3 Å².